The molecule has 8 nitrogen and oxygen atoms in total. The van der Waals surface area contributed by atoms with Crippen molar-refractivity contribution in [3.63, 3.8) is 0 Å². The van der Waals surface area contributed by atoms with Crippen LogP contribution in [0.2, 0.25) is 0 Å². The highest BCUT2D eigenvalue weighted by Gasteiger charge is 2.23. The summed E-state index contributed by atoms with van der Waals surface area (Å²) in [6.45, 7) is 1.71. The first kappa shape index (κ1) is 13.4. The minimum atomic E-state index is -1.07. The van der Waals surface area contributed by atoms with Crippen LogP contribution >= 0.6 is 0 Å². The van der Waals surface area contributed by atoms with Gasteiger partial charge in [0.25, 0.3) is 0 Å². The van der Waals surface area contributed by atoms with Crippen molar-refractivity contribution in [1.29, 1.82) is 0 Å². The molecule has 2 aromatic rings. The molecule has 3 N–H and O–H groups in total. The van der Waals surface area contributed by atoms with Crippen LogP contribution in [0.25, 0.3) is 11.5 Å². The van der Waals surface area contributed by atoms with Crippen molar-refractivity contribution in [2.45, 2.75) is 18.9 Å². The number of nitrogens with zero attached hydrogens (tertiary/aromatic N) is 4. The Morgan fingerprint density at radius 2 is 2.21 bits per heavy atom. The lowest BCUT2D eigenvalue weighted by molar-refractivity contribution is 0.0610. The molecule has 0 aliphatic rings. The quantitative estimate of drug-likeness (QED) is 0.761. The lowest BCUT2D eigenvalue weighted by Gasteiger charge is -2.17. The van der Waals surface area contributed by atoms with Gasteiger partial charge in [-0.25, -0.2) is 0 Å². The second-order valence-electron chi connectivity index (χ2n) is 4.35. The molecule has 0 aromatic carbocycles. The molecule has 102 valence electrons. The van der Waals surface area contributed by atoms with Crippen LogP contribution in [-0.2, 0) is 6.42 Å². The molecule has 0 spiro atoms. The molecule has 2 heterocycles. The first-order valence-corrected chi connectivity index (χ1v) is 5.67. The summed E-state index contributed by atoms with van der Waals surface area (Å²) in [6, 6.07) is 3.32. The van der Waals surface area contributed by atoms with Gasteiger partial charge in [0.2, 0.25) is 17.6 Å². The van der Waals surface area contributed by atoms with E-state index in [4.69, 9.17) is 15.0 Å². The first-order chi connectivity index (χ1) is 9.04. The van der Waals surface area contributed by atoms with Crippen molar-refractivity contribution in [3.8, 4) is 17.4 Å². The summed E-state index contributed by atoms with van der Waals surface area (Å²) in [4.78, 5) is 4.13. The third-order valence-corrected chi connectivity index (χ3v) is 2.52. The topological polar surface area (TPSA) is 120 Å². The highest BCUT2D eigenvalue weighted by Crippen LogP contribution is 2.16. The number of nitrogens with two attached hydrogens (primary N) is 1. The zero-order valence-electron chi connectivity index (χ0n) is 10.7. The van der Waals surface area contributed by atoms with Crippen molar-refractivity contribution in [3.05, 3.63) is 18.0 Å². The molecule has 0 aliphatic heterocycles. The molecule has 0 radical (unpaired) electrons. The van der Waals surface area contributed by atoms with Gasteiger partial charge in [-0.15, -0.1) is 10.2 Å². The van der Waals surface area contributed by atoms with Gasteiger partial charge < -0.3 is 20.1 Å². The highest BCUT2D eigenvalue weighted by molar-refractivity contribution is 5.47. The molecule has 0 fully saturated rings. The van der Waals surface area contributed by atoms with E-state index in [-0.39, 0.29) is 13.0 Å². The second-order valence-corrected chi connectivity index (χ2v) is 4.35. The van der Waals surface area contributed by atoms with E-state index >= 15 is 0 Å². The van der Waals surface area contributed by atoms with E-state index in [1.165, 1.54) is 7.11 Å². The monoisotopic (exact) mass is 265 g/mol. The lowest BCUT2D eigenvalue weighted by atomic mass is 10.0. The van der Waals surface area contributed by atoms with Crippen LogP contribution in [0, 0.1) is 0 Å². The molecule has 2 aromatic heterocycles. The molecule has 8 heteroatoms. The predicted octanol–water partition coefficient (Wildman–Crippen LogP) is -0.213. The lowest BCUT2D eigenvalue weighted by Crippen LogP contribution is -2.36. The number of hydrogen-bond acceptors (Lipinski definition) is 8. The molecule has 0 bridgehead atoms. The Hall–Kier alpha value is -2.06. The summed E-state index contributed by atoms with van der Waals surface area (Å²) in [6.07, 6.45) is 0.181. The Labute approximate surface area is 109 Å². The van der Waals surface area contributed by atoms with E-state index in [0.717, 1.165) is 0 Å². The molecule has 2 rings (SSSR count). The fourth-order valence-corrected chi connectivity index (χ4v) is 1.38. The van der Waals surface area contributed by atoms with Crippen molar-refractivity contribution in [1.82, 2.24) is 20.3 Å². The van der Waals surface area contributed by atoms with Crippen LogP contribution in [0.4, 0.5) is 0 Å². The number of methoxy groups -OCH3 is 1. The van der Waals surface area contributed by atoms with E-state index in [0.29, 0.717) is 23.3 Å². The predicted molar refractivity (Wildman–Crippen MR) is 65.3 cm³/mol. The number of aliphatic hydroxyl groups is 1. The third kappa shape index (κ3) is 3.24. The molecular formula is C11H15N5O3. The summed E-state index contributed by atoms with van der Waals surface area (Å²) in [5, 5.41) is 21.3. The second kappa shape index (κ2) is 5.29. The molecular weight excluding hydrogens is 250 g/mol. The number of hydrogen-bond donors (Lipinski definition) is 2. The smallest absolute Gasteiger partial charge is 0.233 e. The van der Waals surface area contributed by atoms with Crippen molar-refractivity contribution < 1.29 is 14.4 Å². The molecule has 0 aliphatic carbocycles. The maximum absolute atomic E-state index is 9.83. The van der Waals surface area contributed by atoms with Crippen LogP contribution in [0.1, 0.15) is 12.8 Å². The Morgan fingerprint density at radius 3 is 2.79 bits per heavy atom. The van der Waals surface area contributed by atoms with Gasteiger partial charge in [0.1, 0.15) is 5.69 Å². The number of aromatic nitrogens is 4. The normalized spacial score (nSPS) is 14.1. The maximum Gasteiger partial charge on any atom is 0.233 e. The highest BCUT2D eigenvalue weighted by atomic mass is 16.5. The Bertz CT molecular complexity index is 538. The van der Waals surface area contributed by atoms with E-state index < -0.39 is 5.60 Å². The van der Waals surface area contributed by atoms with E-state index in [2.05, 4.69) is 20.3 Å². The van der Waals surface area contributed by atoms with E-state index in [9.17, 15) is 5.11 Å². The molecule has 1 unspecified atom stereocenters. The van der Waals surface area contributed by atoms with Gasteiger partial charge in [0.15, 0.2) is 0 Å². The van der Waals surface area contributed by atoms with Gasteiger partial charge in [-0.3, -0.25) is 0 Å². The molecule has 0 amide bonds. The van der Waals surface area contributed by atoms with Crippen LogP contribution in [-0.4, -0.2) is 44.7 Å². The fourth-order valence-electron chi connectivity index (χ4n) is 1.38. The average molecular weight is 265 g/mol. The van der Waals surface area contributed by atoms with Crippen LogP contribution in [0.5, 0.6) is 5.88 Å². The Morgan fingerprint density at radius 1 is 1.42 bits per heavy atom. The number of rotatable bonds is 5. The summed E-state index contributed by atoms with van der Waals surface area (Å²) in [5.74, 6) is 1.000. The van der Waals surface area contributed by atoms with E-state index in [1.54, 1.807) is 19.1 Å². The SMILES string of the molecule is COc1ccc(-c2noc(CC(C)(O)CN)n2)nn1. The van der Waals surface area contributed by atoms with Crippen molar-refractivity contribution in [2.75, 3.05) is 13.7 Å². The number of ether oxygens (including phenoxy) is 1. The molecule has 19 heavy (non-hydrogen) atoms. The zero-order valence-corrected chi connectivity index (χ0v) is 10.7. The van der Waals surface area contributed by atoms with Crippen molar-refractivity contribution in [2.24, 2.45) is 5.73 Å². The van der Waals surface area contributed by atoms with Gasteiger partial charge in [0.05, 0.1) is 19.1 Å². The first-order valence-electron chi connectivity index (χ1n) is 5.67. The summed E-state index contributed by atoms with van der Waals surface area (Å²) in [5.41, 5.74) is 4.82. The van der Waals surface area contributed by atoms with Crippen LogP contribution in [0.3, 0.4) is 0 Å². The maximum atomic E-state index is 9.83. The van der Waals surface area contributed by atoms with Crippen LogP contribution < -0.4 is 10.5 Å². The largest absolute Gasteiger partial charge is 0.480 e. The molecule has 1 atom stereocenters. The summed E-state index contributed by atoms with van der Waals surface area (Å²) >= 11 is 0. The van der Waals surface area contributed by atoms with Gasteiger partial charge >= 0.3 is 0 Å². The zero-order chi connectivity index (χ0) is 13.9. The van der Waals surface area contributed by atoms with E-state index in [1.807, 2.05) is 0 Å². The minimum absolute atomic E-state index is 0.104. The fraction of sp³-hybridized carbons (Fsp3) is 0.455. The van der Waals surface area contributed by atoms with Gasteiger partial charge in [-0.05, 0) is 13.0 Å². The van der Waals surface area contributed by atoms with Gasteiger partial charge in [0, 0.05) is 12.6 Å². The standard InChI is InChI=1S/C11H15N5O3/c1-11(17,6-12)5-9-13-10(16-19-9)7-3-4-8(18-2)15-14-7/h3-4,17H,5-6,12H2,1-2H3. The van der Waals surface area contributed by atoms with Crippen molar-refractivity contribution >= 4 is 0 Å². The van der Waals surface area contributed by atoms with Gasteiger partial charge in [-0.1, -0.05) is 5.16 Å². The summed E-state index contributed by atoms with van der Waals surface area (Å²) < 4.78 is 9.94. The molecule has 0 saturated carbocycles. The minimum Gasteiger partial charge on any atom is -0.480 e. The van der Waals surface area contributed by atoms with Crippen LogP contribution in [0.15, 0.2) is 16.7 Å². The Kier molecular flexibility index (Phi) is 3.72. The molecule has 0 saturated heterocycles. The third-order valence-electron chi connectivity index (χ3n) is 2.52. The summed E-state index contributed by atoms with van der Waals surface area (Å²) in [7, 11) is 1.51. The Balaban J connectivity index is 2.16. The van der Waals surface area contributed by atoms with Gasteiger partial charge in [-0.2, -0.15) is 4.98 Å². The average Bonchev–Trinajstić information content (AvgIpc) is 2.86.